The summed E-state index contributed by atoms with van der Waals surface area (Å²) in [5.41, 5.74) is 4.99. The summed E-state index contributed by atoms with van der Waals surface area (Å²) >= 11 is 15.6. The zero-order chi connectivity index (χ0) is 95.3. The molecule has 0 N–H and O–H groups in total. The topological polar surface area (TPSA) is 12.9 Å². The molecule has 1 aromatic heterocycles. The van der Waals surface area contributed by atoms with Crippen LogP contribution in [0.4, 0.5) is 4.39 Å². The van der Waals surface area contributed by atoms with Gasteiger partial charge in [-0.05, 0) is 48.4 Å². The van der Waals surface area contributed by atoms with E-state index >= 15 is 0 Å². The highest BCUT2D eigenvalue weighted by Crippen LogP contribution is 2.27. The highest BCUT2D eigenvalue weighted by molar-refractivity contribution is 8.89. The van der Waals surface area contributed by atoms with Crippen LogP contribution in [0.3, 0.4) is 0 Å². The summed E-state index contributed by atoms with van der Waals surface area (Å²) in [7, 11) is 201. The zero-order valence-corrected chi connectivity index (χ0v) is 151. The van der Waals surface area contributed by atoms with Gasteiger partial charge in [-0.15, -0.1) is 0 Å². The van der Waals surface area contributed by atoms with Crippen LogP contribution in [0.1, 0.15) is 5.56 Å². The van der Waals surface area contributed by atoms with Gasteiger partial charge in [-0.1, -0.05) is 35.9 Å². The van der Waals surface area contributed by atoms with Crippen LogP contribution < -0.4 is 0 Å². The molecule has 116 heteroatoms. The second-order valence-electron chi connectivity index (χ2n) is 12.5. The van der Waals surface area contributed by atoms with Crippen LogP contribution in [-0.4, -0.2) is 4.98 Å². The lowest BCUT2D eigenvalue weighted by Gasteiger charge is -2.08. The summed E-state index contributed by atoms with van der Waals surface area (Å²) < 4.78 is 13.0. The molecule has 134 heavy (non-hydrogen) atoms. The fourth-order valence-corrected chi connectivity index (χ4v) is 303. The number of benzene rings is 2. The van der Waals surface area contributed by atoms with E-state index in [1.54, 1.807) is 119 Å². The molecule has 1 heterocycles. The third-order valence-electron chi connectivity index (χ3n) is 6.46. The molecule has 0 radical (unpaired) electrons. The van der Waals surface area contributed by atoms with Gasteiger partial charge in [0.05, 0.1) is 5.69 Å². The standard InChI is InChI=1S/C18H13ClFN.S113/c1-12-10-18(14-2-6-15(19)7-3-14)21-11-17(12)13-4-8-16(20)9-5-13;1-3-5-7-9-11-13-15-17-19-21-23-25-27-29-31-33-35-37-39-41-43-45-47-49-51-53-55-57-59-61-63-65-67-69-71-73-75-77-79-81-83-85-87-89-91-93-95-97-99-101-103-105-107-109-111-113-112-110-108-106-104-102-100-98-96-94-92-90-88-86-84-82-80-78-76-74-72-70-68-66-64-62-60-58-56-54-52-50-48-46-44-42-40-38-36-34-32-30-28-26-24-22-20-18-16-14-12-10-8-6-4-2/h2-11H,1H3;. The third kappa shape index (κ3) is 121. The maximum atomic E-state index is 13.0. The van der Waals surface area contributed by atoms with Gasteiger partial charge in [0.15, 0.2) is 0 Å². The fraction of sp³-hybridized carbons (Fsp3) is 0.0556. The third-order valence-corrected chi connectivity index (χ3v) is 251. The molecule has 1 nitrogen and oxygen atoms in total. The molecule has 0 amide bonds. The van der Waals surface area contributed by atoms with E-state index in [1.165, 1.54) is 29.9 Å². The number of aryl methyl sites for hydroxylation is 1. The van der Waals surface area contributed by atoms with E-state index in [1.807, 2.05) is 905 Å². The summed E-state index contributed by atoms with van der Waals surface area (Å²) in [4.78, 5) is 4.50. The van der Waals surface area contributed by atoms with Crippen LogP contribution in [0.5, 0.6) is 0 Å². The minimum Gasteiger partial charge on any atom is -0.256 e. The average molecular weight is 3920 g/mol. The van der Waals surface area contributed by atoms with Crippen molar-refractivity contribution in [1.82, 2.24) is 4.98 Å². The molecule has 0 aliphatic heterocycles. The van der Waals surface area contributed by atoms with Gasteiger partial charge < -0.3 is 0 Å². The first-order valence-electron chi connectivity index (χ1n) is 25.3. The summed E-state index contributed by atoms with van der Waals surface area (Å²) in [6, 6.07) is 16.1. The molecule has 0 unspecified atom stereocenters. The quantitative estimate of drug-likeness (QED) is 0.349. The van der Waals surface area contributed by atoms with Crippen molar-refractivity contribution in [1.29, 1.82) is 0 Å². The molecule has 0 fully saturated rings. The van der Waals surface area contributed by atoms with E-state index in [0.717, 1.165) is 27.9 Å². The Kier molecular flexibility index (Phi) is 155. The molecule has 0 saturated heterocycles. The van der Waals surface area contributed by atoms with Gasteiger partial charge in [-0.2, -0.15) is 0 Å². The lowest BCUT2D eigenvalue weighted by molar-refractivity contribution is 0.628. The largest absolute Gasteiger partial charge is 0.256 e. The van der Waals surface area contributed by atoms with Crippen LogP contribution in [-0.2, 0) is 1010 Å². The Hall–Kier alpha value is 22.7. The first-order valence-corrected chi connectivity index (χ1v) is 175. The number of aromatic nitrogens is 1. The summed E-state index contributed by atoms with van der Waals surface area (Å²) in [6.07, 6.45) is 1.83. The lowest BCUT2D eigenvalue weighted by atomic mass is 10.0. The first kappa shape index (κ1) is 153. The monoisotopic (exact) mass is 3910 g/mol. The van der Waals surface area contributed by atoms with E-state index in [4.69, 9.17) is 34.0 Å². The van der Waals surface area contributed by atoms with Gasteiger partial charge in [-0.25, -0.2) is 4.39 Å². The Morgan fingerprint density at radius 2 is 0.299 bits per heavy atom. The Balaban J connectivity index is 0.00000249. The Morgan fingerprint density at radius 1 is 0.179 bits per heavy atom. The van der Waals surface area contributed by atoms with Gasteiger partial charge in [0.2, 0.25) is 0 Å². The maximum Gasteiger partial charge on any atom is 0.123 e. The van der Waals surface area contributed by atoms with E-state index in [2.05, 4.69) is 4.98 Å². The summed E-state index contributed by atoms with van der Waals surface area (Å²) in [6.45, 7) is 2.03. The molecular formula is C18H13ClFNS113. The number of pyridine rings is 1. The van der Waals surface area contributed by atoms with E-state index in [0.29, 0.717) is 5.02 Å². The van der Waals surface area contributed by atoms with Crippen molar-refractivity contribution in [3.05, 3.63) is 77.2 Å². The molecule has 0 aliphatic carbocycles. The minimum atomic E-state index is -0.234. The average Bonchev–Trinajstić information content (AvgIpc) is 0.817. The van der Waals surface area contributed by atoms with Crippen LogP contribution in [0.2, 0.25) is 5.02 Å². The number of hydrogen-bond donors (Lipinski definition) is 0. The second kappa shape index (κ2) is 136. The predicted molar refractivity (Wildman–Crippen MR) is 917 cm³/mol. The number of nitrogens with zero attached hydrogens (tertiary/aromatic N) is 1. The summed E-state index contributed by atoms with van der Waals surface area (Å²) in [5, 5.41) is 0.707. The zero-order valence-electron chi connectivity index (χ0n) is 57.6. The van der Waals surface area contributed by atoms with Crippen molar-refractivity contribution in [2.75, 3.05) is 0 Å². The highest BCUT2D eigenvalue weighted by Gasteiger charge is 2.06. The maximum absolute atomic E-state index is 13.0. The fourth-order valence-electron chi connectivity index (χ4n) is 3.50. The molecular weight excluding hydrogens is 3910 g/mol. The molecule has 0 bridgehead atoms. The van der Waals surface area contributed by atoms with Crippen molar-refractivity contribution >= 4 is 1020 Å². The van der Waals surface area contributed by atoms with Crippen molar-refractivity contribution in [2.45, 2.75) is 6.92 Å². The predicted octanol–water partition coefficient (Wildman–Crippen LogP) is 5.25. The van der Waals surface area contributed by atoms with Crippen molar-refractivity contribution in [3.8, 4) is 22.4 Å². The molecule has 3 aromatic rings. The molecule has 782 valence electrons. The molecule has 2 aromatic carbocycles. The van der Waals surface area contributed by atoms with Crippen molar-refractivity contribution < 1.29 is 4.39 Å². The SMILES string of the molecule is Cc1cc(-c2ccc(Cl)cc2)ncc1-c1ccc(F)cc1.S=S=S=S=S=S=S=S=S=S=S=S=S=S=S=S=S=S=S=S=S=S=S=S=S=S=S=S=S=S=S=S=S=S=S=S=S=S=S=S=S=S=S=S=S=S=S=S=S=S=S=S=S=S=S=S=S=S=S=S=S=S=S=S=S=S=S=S=S=S=S=S=S=S=S=S=S=S=S=S=S=S=S=S=S=S=S=S=S=S=S=S=S=S=S=S=S=S=S=S=S=S=S=S=S=S=S=S=S=S=S=S=S. The van der Waals surface area contributed by atoms with Gasteiger partial charge >= 0.3 is 0 Å². The van der Waals surface area contributed by atoms with Gasteiger partial charge in [-0.3, -0.25) is 4.98 Å². The van der Waals surface area contributed by atoms with E-state index in [9.17, 15) is 4.39 Å². The van der Waals surface area contributed by atoms with Gasteiger partial charge in [0.25, 0.3) is 0 Å². The minimum absolute atomic E-state index is 0.234. The van der Waals surface area contributed by atoms with E-state index < -0.39 is 0 Å². The smallest absolute Gasteiger partial charge is 0.123 e. The number of rotatable bonds is 2. The van der Waals surface area contributed by atoms with Crippen LogP contribution in [0.25, 0.3) is 22.4 Å². The second-order valence-corrected chi connectivity index (χ2v) is 209. The van der Waals surface area contributed by atoms with Gasteiger partial charge in [0.1, 0.15) is 5.82 Å². The Morgan fingerprint density at radius 3 is 0.418 bits per heavy atom. The normalized spacial score (nSPS) is 8.32. The Labute approximate surface area is 1100 Å². The van der Waals surface area contributed by atoms with Crippen LogP contribution >= 0.6 is 11.6 Å². The number of halogens is 2. The van der Waals surface area contributed by atoms with E-state index in [-0.39, 0.29) is 5.82 Å². The summed E-state index contributed by atoms with van der Waals surface area (Å²) in [5.74, 6) is -0.234. The van der Waals surface area contributed by atoms with Gasteiger partial charge in [0, 0.05) is 1030 Å². The highest BCUT2D eigenvalue weighted by atomic mass is 35.5. The number of hydrogen-bond acceptors (Lipinski definition) is 3. The molecule has 0 spiro atoms. The molecule has 3 rings (SSSR count). The van der Waals surface area contributed by atoms with Crippen molar-refractivity contribution in [3.63, 3.8) is 0 Å². The molecule has 0 atom stereocenters. The lowest BCUT2D eigenvalue weighted by Crippen LogP contribution is -1.90. The Bertz CT molecular complexity index is 9990. The molecule has 0 saturated carbocycles. The van der Waals surface area contributed by atoms with Crippen LogP contribution in [0, 0.1) is 12.7 Å². The molecule has 0 aliphatic rings. The first-order chi connectivity index (χ1) is 66.5. The van der Waals surface area contributed by atoms with Crippen molar-refractivity contribution in [2.24, 2.45) is 0 Å². The van der Waals surface area contributed by atoms with Crippen LogP contribution in [0.15, 0.2) is 60.8 Å².